The van der Waals surface area contributed by atoms with Crippen LogP contribution in [0.25, 0.3) is 11.5 Å². The Morgan fingerprint density at radius 3 is 2.61 bits per heavy atom. The van der Waals surface area contributed by atoms with Crippen LogP contribution in [0.4, 0.5) is 0 Å². The van der Waals surface area contributed by atoms with Crippen LogP contribution in [0.3, 0.4) is 0 Å². The first kappa shape index (κ1) is 20.3. The molecule has 4 aliphatic rings. The first-order chi connectivity index (χ1) is 16.0. The fraction of sp³-hybridized carbons (Fsp3) is 0.480. The van der Waals surface area contributed by atoms with Crippen molar-refractivity contribution in [2.45, 2.75) is 63.5 Å². The van der Waals surface area contributed by atoms with E-state index in [2.05, 4.69) is 25.8 Å². The molecule has 1 aromatic heterocycles. The lowest BCUT2D eigenvalue weighted by Crippen LogP contribution is -2.38. The van der Waals surface area contributed by atoms with Crippen molar-refractivity contribution in [3.8, 4) is 11.5 Å². The van der Waals surface area contributed by atoms with Gasteiger partial charge in [-0.25, -0.2) is 4.98 Å². The lowest BCUT2D eigenvalue weighted by Gasteiger charge is -2.14. The highest BCUT2D eigenvalue weighted by molar-refractivity contribution is 6.44. The van der Waals surface area contributed by atoms with Gasteiger partial charge in [-0.3, -0.25) is 9.59 Å². The number of hydrogen-bond acceptors (Lipinski definition) is 6. The predicted octanol–water partition coefficient (Wildman–Crippen LogP) is 3.48. The van der Waals surface area contributed by atoms with Gasteiger partial charge in [0, 0.05) is 23.6 Å². The van der Waals surface area contributed by atoms with Gasteiger partial charge in [0.25, 0.3) is 11.8 Å². The van der Waals surface area contributed by atoms with Gasteiger partial charge in [-0.1, -0.05) is 12.1 Å². The van der Waals surface area contributed by atoms with E-state index in [-0.39, 0.29) is 29.2 Å². The average molecular weight is 446 g/mol. The second-order valence-corrected chi connectivity index (χ2v) is 9.86. The number of aromatic nitrogens is 1. The molecule has 3 fully saturated rings. The summed E-state index contributed by atoms with van der Waals surface area (Å²) in [7, 11) is 0. The Kier molecular flexibility index (Phi) is 4.71. The second-order valence-electron chi connectivity index (χ2n) is 9.86. The number of carbonyl (C=O) groups is 2. The van der Waals surface area contributed by atoms with Crippen LogP contribution in [0.5, 0.6) is 0 Å². The van der Waals surface area contributed by atoms with Crippen LogP contribution < -0.4 is 10.6 Å². The fourth-order valence-electron chi connectivity index (χ4n) is 4.68. The van der Waals surface area contributed by atoms with Crippen molar-refractivity contribution < 1.29 is 14.0 Å². The highest BCUT2D eigenvalue weighted by Gasteiger charge is 2.55. The van der Waals surface area contributed by atoms with E-state index in [0.717, 1.165) is 29.7 Å². The topological polar surface area (TPSA) is 109 Å². The highest BCUT2D eigenvalue weighted by Crippen LogP contribution is 2.53. The van der Waals surface area contributed by atoms with Crippen molar-refractivity contribution in [2.75, 3.05) is 0 Å². The fourth-order valence-corrected chi connectivity index (χ4v) is 4.68. The standard InChI is InChI=1S/C25H27N5O3/c1-14(15-5-6-15)27-22(31)20-12-19(29-30-20)16-3-2-4-17(11-16)24-26-13-21(33-24)23(32)28-25(9-10-25)18-7-8-18/h2-4,11,13-15,18H,5-10,12H2,1H3,(H,27,31)(H,28,32)/t14-/m0/s1. The number of amides is 2. The number of nitrogens with zero attached hydrogens (tertiary/aromatic N) is 3. The molecule has 8 nitrogen and oxygen atoms in total. The number of nitrogens with one attached hydrogen (secondary N) is 2. The molecule has 6 rings (SSSR count). The highest BCUT2D eigenvalue weighted by atomic mass is 16.4. The van der Waals surface area contributed by atoms with Gasteiger partial charge >= 0.3 is 0 Å². The van der Waals surface area contributed by atoms with Gasteiger partial charge in [0.1, 0.15) is 5.71 Å². The minimum atomic E-state index is -0.195. The summed E-state index contributed by atoms with van der Waals surface area (Å²) in [6.45, 7) is 2.04. The van der Waals surface area contributed by atoms with E-state index in [1.54, 1.807) is 0 Å². The Morgan fingerprint density at radius 2 is 1.88 bits per heavy atom. The van der Waals surface area contributed by atoms with Crippen LogP contribution in [-0.2, 0) is 4.79 Å². The molecule has 170 valence electrons. The first-order valence-electron chi connectivity index (χ1n) is 11.8. The first-order valence-corrected chi connectivity index (χ1v) is 11.8. The summed E-state index contributed by atoms with van der Waals surface area (Å²) < 4.78 is 5.80. The van der Waals surface area contributed by atoms with Crippen LogP contribution in [-0.4, -0.2) is 39.8 Å². The molecule has 33 heavy (non-hydrogen) atoms. The second kappa shape index (κ2) is 7.64. The Hall–Kier alpha value is -3.29. The zero-order valence-electron chi connectivity index (χ0n) is 18.6. The summed E-state index contributed by atoms with van der Waals surface area (Å²) in [6, 6.07) is 7.76. The number of benzene rings is 1. The van der Waals surface area contributed by atoms with Gasteiger partial charge in [-0.05, 0) is 75.0 Å². The maximum atomic E-state index is 12.7. The number of oxazole rings is 1. The smallest absolute Gasteiger partial charge is 0.289 e. The van der Waals surface area contributed by atoms with Crippen molar-refractivity contribution in [3.05, 3.63) is 41.8 Å². The number of carbonyl (C=O) groups excluding carboxylic acids is 2. The lowest BCUT2D eigenvalue weighted by molar-refractivity contribution is -0.115. The zero-order chi connectivity index (χ0) is 22.6. The van der Waals surface area contributed by atoms with E-state index >= 15 is 0 Å². The third-order valence-electron chi connectivity index (χ3n) is 7.26. The summed E-state index contributed by atoms with van der Waals surface area (Å²) in [5.74, 6) is 1.48. The molecule has 0 radical (unpaired) electrons. The molecule has 2 aromatic rings. The molecule has 0 unspecified atom stereocenters. The van der Waals surface area contributed by atoms with Crippen molar-refractivity contribution in [2.24, 2.45) is 22.0 Å². The molecule has 1 atom stereocenters. The molecule has 1 aliphatic heterocycles. The van der Waals surface area contributed by atoms with Crippen LogP contribution in [0.2, 0.25) is 0 Å². The summed E-state index contributed by atoms with van der Waals surface area (Å²) in [5.41, 5.74) is 2.75. The molecular weight excluding hydrogens is 418 g/mol. The number of hydrogen-bond donors (Lipinski definition) is 2. The molecule has 0 spiro atoms. The quantitative estimate of drug-likeness (QED) is 0.648. The summed E-state index contributed by atoms with van der Waals surface area (Å²) in [5, 5.41) is 14.6. The Labute approximate surface area is 192 Å². The monoisotopic (exact) mass is 445 g/mol. The van der Waals surface area contributed by atoms with E-state index in [1.807, 2.05) is 31.2 Å². The van der Waals surface area contributed by atoms with Crippen LogP contribution in [0.15, 0.2) is 45.1 Å². The Balaban J connectivity index is 1.11. The van der Waals surface area contributed by atoms with E-state index in [4.69, 9.17) is 4.42 Å². The summed E-state index contributed by atoms with van der Waals surface area (Å²) in [4.78, 5) is 29.5. The minimum Gasteiger partial charge on any atom is -0.431 e. The molecular formula is C25H27N5O3. The van der Waals surface area contributed by atoms with Gasteiger partial charge in [0.2, 0.25) is 11.7 Å². The van der Waals surface area contributed by atoms with Crippen LogP contribution in [0, 0.1) is 11.8 Å². The maximum absolute atomic E-state index is 12.7. The molecule has 2 heterocycles. The SMILES string of the molecule is C[C@H](NC(=O)C1=NN=C(c2cccc(-c3ncc(C(=O)NC4(C5CC5)CC4)o3)c2)C1)C1CC1. The van der Waals surface area contributed by atoms with Gasteiger partial charge in [0.15, 0.2) is 0 Å². The van der Waals surface area contributed by atoms with Gasteiger partial charge in [0.05, 0.1) is 11.9 Å². The molecule has 3 aliphatic carbocycles. The van der Waals surface area contributed by atoms with Gasteiger partial charge in [-0.15, -0.1) is 5.10 Å². The van der Waals surface area contributed by atoms with Gasteiger partial charge in [-0.2, -0.15) is 5.10 Å². The maximum Gasteiger partial charge on any atom is 0.289 e. The third-order valence-corrected chi connectivity index (χ3v) is 7.26. The van der Waals surface area contributed by atoms with Crippen LogP contribution in [0.1, 0.15) is 68.0 Å². The van der Waals surface area contributed by atoms with Gasteiger partial charge < -0.3 is 15.1 Å². The zero-order valence-corrected chi connectivity index (χ0v) is 18.6. The molecule has 0 bridgehead atoms. The Bertz CT molecular complexity index is 1180. The molecule has 2 N–H and O–H groups in total. The predicted molar refractivity (Wildman–Crippen MR) is 123 cm³/mol. The van der Waals surface area contributed by atoms with Crippen molar-refractivity contribution in [1.29, 1.82) is 0 Å². The van der Waals surface area contributed by atoms with E-state index < -0.39 is 0 Å². The minimum absolute atomic E-state index is 0.00891. The van der Waals surface area contributed by atoms with E-state index in [0.29, 0.717) is 29.9 Å². The summed E-state index contributed by atoms with van der Waals surface area (Å²) in [6.07, 6.45) is 8.72. The summed E-state index contributed by atoms with van der Waals surface area (Å²) >= 11 is 0. The molecule has 2 amide bonds. The molecule has 8 heteroatoms. The largest absolute Gasteiger partial charge is 0.431 e. The normalized spacial score (nSPS) is 21.7. The van der Waals surface area contributed by atoms with Crippen LogP contribution >= 0.6 is 0 Å². The van der Waals surface area contributed by atoms with Crippen molar-refractivity contribution in [3.63, 3.8) is 0 Å². The van der Waals surface area contributed by atoms with Crippen molar-refractivity contribution in [1.82, 2.24) is 15.6 Å². The number of rotatable bonds is 8. The molecule has 0 saturated heterocycles. The van der Waals surface area contributed by atoms with Crippen molar-refractivity contribution >= 4 is 23.2 Å². The third kappa shape index (κ3) is 4.10. The van der Waals surface area contributed by atoms with E-state index in [9.17, 15) is 9.59 Å². The Morgan fingerprint density at radius 1 is 1.09 bits per heavy atom. The molecule has 3 saturated carbocycles. The lowest BCUT2D eigenvalue weighted by atomic mass is 10.0. The molecule has 1 aromatic carbocycles. The average Bonchev–Trinajstić information content (AvgIpc) is 3.74. The van der Waals surface area contributed by atoms with E-state index in [1.165, 1.54) is 31.9 Å².